The van der Waals surface area contributed by atoms with Crippen LogP contribution in [0.4, 0.5) is 0 Å². The second-order valence-corrected chi connectivity index (χ2v) is 8.50. The minimum Gasteiger partial charge on any atom is -0.324 e. The summed E-state index contributed by atoms with van der Waals surface area (Å²) in [5.74, 6) is 0.919. The molecule has 1 unspecified atom stereocenters. The van der Waals surface area contributed by atoms with Crippen molar-refractivity contribution in [2.75, 3.05) is 12.8 Å². The van der Waals surface area contributed by atoms with Crippen LogP contribution in [0.1, 0.15) is 37.7 Å². The first-order valence-corrected chi connectivity index (χ1v) is 9.57. The first-order valence-electron chi connectivity index (χ1n) is 7.32. The third-order valence-electron chi connectivity index (χ3n) is 3.95. The normalized spacial score (nSPS) is 19.8. The van der Waals surface area contributed by atoms with Crippen molar-refractivity contribution in [2.45, 2.75) is 38.7 Å². The third-order valence-corrected chi connectivity index (χ3v) is 5.70. The standard InChI is InChI=1S/C16H23O3P/c1-20(18,19-13-15-5-3-2-4-6-15)12-11-14-7-9-16(17)10-8-14/h2-6,14H,7-13H2,1H3. The zero-order valence-electron chi connectivity index (χ0n) is 12.1. The molecule has 0 spiro atoms. The topological polar surface area (TPSA) is 43.4 Å². The molecule has 1 fully saturated rings. The molecule has 1 aliphatic carbocycles. The summed E-state index contributed by atoms with van der Waals surface area (Å²) in [6.07, 6.45) is 4.84. The molecule has 1 aliphatic rings. The fourth-order valence-electron chi connectivity index (χ4n) is 2.56. The van der Waals surface area contributed by atoms with Crippen LogP contribution in [0.25, 0.3) is 0 Å². The van der Waals surface area contributed by atoms with Crippen molar-refractivity contribution >= 4 is 13.2 Å². The van der Waals surface area contributed by atoms with E-state index in [9.17, 15) is 9.36 Å². The molecule has 1 atom stereocenters. The van der Waals surface area contributed by atoms with Gasteiger partial charge in [-0.3, -0.25) is 9.36 Å². The Hall–Kier alpha value is -0.920. The summed E-state index contributed by atoms with van der Waals surface area (Å²) in [6, 6.07) is 9.83. The summed E-state index contributed by atoms with van der Waals surface area (Å²) < 4.78 is 18.0. The van der Waals surface area contributed by atoms with Crippen LogP contribution in [0.2, 0.25) is 0 Å². The van der Waals surface area contributed by atoms with Crippen LogP contribution >= 0.6 is 7.37 Å². The number of rotatable bonds is 6. The minimum absolute atomic E-state index is 0.376. The van der Waals surface area contributed by atoms with E-state index in [1.165, 1.54) is 0 Å². The van der Waals surface area contributed by atoms with Gasteiger partial charge in [0.1, 0.15) is 5.78 Å². The highest BCUT2D eigenvalue weighted by Crippen LogP contribution is 2.45. The van der Waals surface area contributed by atoms with Crippen molar-refractivity contribution in [3.8, 4) is 0 Å². The molecule has 0 aliphatic heterocycles. The maximum Gasteiger partial charge on any atom is 0.200 e. The Labute approximate surface area is 121 Å². The van der Waals surface area contributed by atoms with Crippen molar-refractivity contribution in [1.29, 1.82) is 0 Å². The van der Waals surface area contributed by atoms with E-state index >= 15 is 0 Å². The van der Waals surface area contributed by atoms with Crippen molar-refractivity contribution < 1.29 is 13.9 Å². The predicted octanol–water partition coefficient (Wildman–Crippen LogP) is 4.26. The smallest absolute Gasteiger partial charge is 0.200 e. The summed E-state index contributed by atoms with van der Waals surface area (Å²) in [6.45, 7) is 2.14. The van der Waals surface area contributed by atoms with E-state index in [1.807, 2.05) is 30.3 Å². The number of carbonyl (C=O) groups is 1. The van der Waals surface area contributed by atoms with Gasteiger partial charge in [-0.15, -0.1) is 0 Å². The van der Waals surface area contributed by atoms with E-state index in [0.29, 0.717) is 37.3 Å². The highest BCUT2D eigenvalue weighted by atomic mass is 31.2. The molecule has 3 nitrogen and oxygen atoms in total. The van der Waals surface area contributed by atoms with E-state index in [-0.39, 0.29) is 0 Å². The Morgan fingerprint density at radius 2 is 1.85 bits per heavy atom. The molecule has 0 aromatic heterocycles. The number of carbonyl (C=O) groups excluding carboxylic acids is 1. The Balaban J connectivity index is 1.73. The molecule has 20 heavy (non-hydrogen) atoms. The Kier molecular flexibility index (Phi) is 5.56. The maximum absolute atomic E-state index is 12.4. The summed E-state index contributed by atoms with van der Waals surface area (Å²) in [7, 11) is -2.52. The molecule has 1 aromatic carbocycles. The fourth-order valence-corrected chi connectivity index (χ4v) is 3.94. The van der Waals surface area contributed by atoms with Gasteiger partial charge in [0.05, 0.1) is 6.61 Å². The number of benzene rings is 1. The molecule has 0 amide bonds. The zero-order chi connectivity index (χ0) is 14.4. The molecule has 0 bridgehead atoms. The summed E-state index contributed by atoms with van der Waals surface area (Å²) >= 11 is 0. The van der Waals surface area contributed by atoms with Crippen LogP contribution in [0.5, 0.6) is 0 Å². The predicted molar refractivity (Wildman–Crippen MR) is 81.2 cm³/mol. The van der Waals surface area contributed by atoms with Gasteiger partial charge in [-0.25, -0.2) is 0 Å². The summed E-state index contributed by atoms with van der Waals surface area (Å²) in [5, 5.41) is 0. The van der Waals surface area contributed by atoms with Gasteiger partial charge in [-0.2, -0.15) is 0 Å². The second-order valence-electron chi connectivity index (χ2n) is 5.77. The number of Topliss-reactive ketones (excluding diaryl/α,β-unsaturated/α-hetero) is 1. The fraction of sp³-hybridized carbons (Fsp3) is 0.562. The van der Waals surface area contributed by atoms with Gasteiger partial charge < -0.3 is 4.52 Å². The number of hydrogen-bond donors (Lipinski definition) is 0. The zero-order valence-corrected chi connectivity index (χ0v) is 13.0. The molecule has 2 rings (SSSR count). The van der Waals surface area contributed by atoms with Crippen molar-refractivity contribution in [3.63, 3.8) is 0 Å². The van der Waals surface area contributed by atoms with Crippen LogP contribution in [0.15, 0.2) is 30.3 Å². The highest BCUT2D eigenvalue weighted by molar-refractivity contribution is 7.58. The lowest BCUT2D eigenvalue weighted by atomic mass is 9.87. The van der Waals surface area contributed by atoms with Crippen LogP contribution in [0.3, 0.4) is 0 Å². The molecule has 0 radical (unpaired) electrons. The Morgan fingerprint density at radius 3 is 2.50 bits per heavy atom. The Bertz CT molecular complexity index is 474. The van der Waals surface area contributed by atoms with Gasteiger partial charge in [-0.05, 0) is 30.7 Å². The summed E-state index contributed by atoms with van der Waals surface area (Å²) in [4.78, 5) is 11.2. The van der Waals surface area contributed by atoms with Gasteiger partial charge in [0.15, 0.2) is 0 Å². The average molecular weight is 294 g/mol. The van der Waals surface area contributed by atoms with Gasteiger partial charge in [0, 0.05) is 25.7 Å². The largest absolute Gasteiger partial charge is 0.324 e. The molecule has 110 valence electrons. The number of ketones is 1. The van der Waals surface area contributed by atoms with Gasteiger partial charge in [0.25, 0.3) is 0 Å². The first-order chi connectivity index (χ1) is 9.55. The van der Waals surface area contributed by atoms with E-state index < -0.39 is 7.37 Å². The molecular formula is C16H23O3P. The molecule has 1 saturated carbocycles. The molecule has 1 aromatic rings. The highest BCUT2D eigenvalue weighted by Gasteiger charge is 2.23. The van der Waals surface area contributed by atoms with E-state index in [4.69, 9.17) is 4.52 Å². The van der Waals surface area contributed by atoms with Crippen molar-refractivity contribution in [3.05, 3.63) is 35.9 Å². The van der Waals surface area contributed by atoms with Crippen molar-refractivity contribution in [2.24, 2.45) is 5.92 Å². The van der Waals surface area contributed by atoms with Crippen LogP contribution in [-0.2, 0) is 20.5 Å². The first kappa shape index (κ1) is 15.5. The van der Waals surface area contributed by atoms with E-state index in [2.05, 4.69) is 0 Å². The lowest BCUT2D eigenvalue weighted by Crippen LogP contribution is -2.15. The lowest BCUT2D eigenvalue weighted by Gasteiger charge is -2.22. The minimum atomic E-state index is -2.52. The van der Waals surface area contributed by atoms with E-state index in [0.717, 1.165) is 24.8 Å². The molecule has 0 N–H and O–H groups in total. The monoisotopic (exact) mass is 294 g/mol. The molecular weight excluding hydrogens is 271 g/mol. The molecule has 4 heteroatoms. The number of hydrogen-bond acceptors (Lipinski definition) is 3. The van der Waals surface area contributed by atoms with Gasteiger partial charge >= 0.3 is 0 Å². The maximum atomic E-state index is 12.4. The van der Waals surface area contributed by atoms with E-state index in [1.54, 1.807) is 6.66 Å². The quantitative estimate of drug-likeness (QED) is 0.736. The lowest BCUT2D eigenvalue weighted by molar-refractivity contribution is -0.121. The van der Waals surface area contributed by atoms with Gasteiger partial charge in [-0.1, -0.05) is 30.3 Å². The average Bonchev–Trinajstić information content (AvgIpc) is 2.46. The molecule has 0 heterocycles. The molecule has 0 saturated heterocycles. The summed E-state index contributed by atoms with van der Waals surface area (Å²) in [5.41, 5.74) is 1.05. The third kappa shape index (κ3) is 5.22. The van der Waals surface area contributed by atoms with Crippen molar-refractivity contribution in [1.82, 2.24) is 0 Å². The Morgan fingerprint density at radius 1 is 1.20 bits per heavy atom. The van der Waals surface area contributed by atoms with Crippen LogP contribution in [-0.4, -0.2) is 18.6 Å². The van der Waals surface area contributed by atoms with Crippen LogP contribution < -0.4 is 0 Å². The SMILES string of the molecule is CP(=O)(CCC1CCC(=O)CC1)OCc1ccccc1. The van der Waals surface area contributed by atoms with Crippen LogP contribution in [0, 0.1) is 5.92 Å². The van der Waals surface area contributed by atoms with Gasteiger partial charge in [0.2, 0.25) is 7.37 Å². The second kappa shape index (κ2) is 7.19.